The molecule has 0 amide bonds. The summed E-state index contributed by atoms with van der Waals surface area (Å²) in [5.74, 6) is -1.48. The Morgan fingerprint density at radius 3 is 2.69 bits per heavy atom. The van der Waals surface area contributed by atoms with Crippen LogP contribution in [0.5, 0.6) is 0 Å². The molecule has 3 aliphatic rings. The van der Waals surface area contributed by atoms with Crippen LogP contribution in [0.4, 0.5) is 10.2 Å². The van der Waals surface area contributed by atoms with Crippen LogP contribution in [-0.4, -0.2) is 42.0 Å². The van der Waals surface area contributed by atoms with Gasteiger partial charge in [-0.05, 0) is 56.6 Å². The van der Waals surface area contributed by atoms with Crippen LogP contribution in [0.25, 0.3) is 33.1 Å². The van der Waals surface area contributed by atoms with Crippen LogP contribution in [0.1, 0.15) is 30.6 Å². The Morgan fingerprint density at radius 2 is 1.97 bits per heavy atom. The molecule has 8 nitrogen and oxygen atoms in total. The number of carbonyl (C=O) groups is 1. The number of carboxylic acids is 1. The maximum Gasteiger partial charge on any atom is 0.308 e. The van der Waals surface area contributed by atoms with E-state index in [0.29, 0.717) is 21.6 Å². The number of aliphatic carboxylic acids is 1. The van der Waals surface area contributed by atoms with Gasteiger partial charge in [0, 0.05) is 17.1 Å². The summed E-state index contributed by atoms with van der Waals surface area (Å²) < 4.78 is 15.9. The van der Waals surface area contributed by atoms with Crippen molar-refractivity contribution in [2.75, 3.05) is 5.32 Å². The van der Waals surface area contributed by atoms with E-state index in [1.165, 1.54) is 17.5 Å². The molecule has 0 spiro atoms. The first-order valence-corrected chi connectivity index (χ1v) is 12.7. The summed E-state index contributed by atoms with van der Waals surface area (Å²) >= 11 is 7.41. The lowest BCUT2D eigenvalue weighted by Crippen LogP contribution is -2.51. The number of fused-ring (bicyclic) bond motifs is 4. The fourth-order valence-corrected chi connectivity index (χ4v) is 6.59. The molecule has 7 rings (SSSR count). The van der Waals surface area contributed by atoms with Crippen LogP contribution in [0, 0.1) is 30.5 Å². The number of H-pyrrole nitrogens is 1. The van der Waals surface area contributed by atoms with Gasteiger partial charge in [0.05, 0.1) is 22.6 Å². The average molecular weight is 513 g/mol. The smallest absolute Gasteiger partial charge is 0.308 e. The number of thiophene rings is 1. The molecule has 35 heavy (non-hydrogen) atoms. The van der Waals surface area contributed by atoms with Gasteiger partial charge in [-0.2, -0.15) is 0 Å². The number of hydrogen-bond donors (Lipinski definition) is 3. The third-order valence-electron chi connectivity index (χ3n) is 7.22. The topological polar surface area (TPSA) is 117 Å². The largest absolute Gasteiger partial charge is 0.481 e. The number of nitrogens with zero attached hydrogens (tertiary/aromatic N) is 4. The van der Waals surface area contributed by atoms with Gasteiger partial charge in [0.25, 0.3) is 0 Å². The number of aromatic amines is 1. The summed E-state index contributed by atoms with van der Waals surface area (Å²) in [6.07, 6.45) is 6.76. The van der Waals surface area contributed by atoms with E-state index in [2.05, 4.69) is 30.2 Å². The van der Waals surface area contributed by atoms with Crippen molar-refractivity contribution < 1.29 is 14.3 Å². The molecule has 4 heterocycles. The number of aryl methyl sites for hydroxylation is 1. The molecule has 0 aliphatic heterocycles. The Hall–Kier alpha value is -3.11. The third kappa shape index (κ3) is 3.84. The molecule has 0 unspecified atom stereocenters. The molecule has 2 atom stereocenters. The van der Waals surface area contributed by atoms with Gasteiger partial charge in [0.15, 0.2) is 23.1 Å². The predicted molar refractivity (Wildman–Crippen MR) is 132 cm³/mol. The van der Waals surface area contributed by atoms with Crippen LogP contribution in [-0.2, 0) is 4.79 Å². The molecule has 3 N–H and O–H groups in total. The average Bonchev–Trinajstić information content (AvgIpc) is 3.46. The van der Waals surface area contributed by atoms with Gasteiger partial charge in [0.2, 0.25) is 0 Å². The summed E-state index contributed by atoms with van der Waals surface area (Å²) in [6.45, 7) is 1.95. The number of nitrogens with one attached hydrogen (secondary N) is 2. The van der Waals surface area contributed by atoms with Crippen molar-refractivity contribution >= 4 is 45.9 Å². The highest BCUT2D eigenvalue weighted by Gasteiger charge is 2.47. The van der Waals surface area contributed by atoms with Crippen LogP contribution < -0.4 is 5.32 Å². The fourth-order valence-electron chi connectivity index (χ4n) is 5.60. The quantitative estimate of drug-likeness (QED) is 0.321. The summed E-state index contributed by atoms with van der Waals surface area (Å²) in [7, 11) is 0. The number of rotatable bonds is 5. The zero-order valence-corrected chi connectivity index (χ0v) is 20.3. The summed E-state index contributed by atoms with van der Waals surface area (Å²) in [4.78, 5) is 34.6. The Labute approximate surface area is 209 Å². The van der Waals surface area contributed by atoms with E-state index in [0.717, 1.165) is 30.6 Å². The molecule has 3 aliphatic carbocycles. The first-order chi connectivity index (χ1) is 16.9. The van der Waals surface area contributed by atoms with Gasteiger partial charge in [-0.15, -0.1) is 11.3 Å². The van der Waals surface area contributed by atoms with Gasteiger partial charge in [0.1, 0.15) is 16.4 Å². The Bertz CT molecular complexity index is 1450. The minimum Gasteiger partial charge on any atom is -0.481 e. The van der Waals surface area contributed by atoms with E-state index >= 15 is 4.39 Å². The van der Waals surface area contributed by atoms with Crippen LogP contribution in [0.2, 0.25) is 5.15 Å². The first-order valence-electron chi connectivity index (χ1n) is 11.5. The standard InChI is InChI=1S/C24H22ClFN6O2S/c1-10-2-7-14(35-10)20-17(26)22(30-18-12-5-3-11(4-6-12)16(18)24(33)34)32-21(31-20)13-8-28-23-19(13)27-9-15(25)29-23/h2,7-9,11-12,16,18H,3-6H2,1H3,(H,28,29)(H,33,34)(H,30,31,32)/t11?,12?,16-,18-/m0/s1. The van der Waals surface area contributed by atoms with Gasteiger partial charge in [-0.3, -0.25) is 4.79 Å². The van der Waals surface area contributed by atoms with E-state index in [1.807, 2.05) is 19.1 Å². The lowest BCUT2D eigenvalue weighted by molar-refractivity contribution is -0.148. The molecule has 4 aromatic heterocycles. The molecular weight excluding hydrogens is 491 g/mol. The van der Waals surface area contributed by atoms with Gasteiger partial charge >= 0.3 is 5.97 Å². The highest BCUT2D eigenvalue weighted by atomic mass is 35.5. The lowest BCUT2D eigenvalue weighted by Gasteiger charge is -2.47. The Morgan fingerprint density at radius 1 is 1.20 bits per heavy atom. The predicted octanol–water partition coefficient (Wildman–Crippen LogP) is 5.55. The Kier molecular flexibility index (Phi) is 5.45. The van der Waals surface area contributed by atoms with Crippen LogP contribution >= 0.6 is 22.9 Å². The second-order valence-electron chi connectivity index (χ2n) is 9.27. The number of hydrogen-bond acceptors (Lipinski definition) is 7. The summed E-state index contributed by atoms with van der Waals surface area (Å²) in [5.41, 5.74) is 1.71. The Balaban J connectivity index is 1.49. The SMILES string of the molecule is Cc1ccc(-c2nc(-c3c[nH]c4nc(Cl)cnc34)nc(N[C@H]3C4CCC(CC4)[C@@H]3C(=O)O)c2F)s1. The fraction of sp³-hybridized carbons (Fsp3) is 0.375. The van der Waals surface area contributed by atoms with E-state index in [4.69, 9.17) is 11.6 Å². The van der Waals surface area contributed by atoms with E-state index < -0.39 is 23.7 Å². The molecule has 0 aromatic carbocycles. The maximum atomic E-state index is 15.9. The monoisotopic (exact) mass is 512 g/mol. The molecule has 0 saturated heterocycles. The summed E-state index contributed by atoms with van der Waals surface area (Å²) in [6, 6.07) is 3.35. The number of aromatic nitrogens is 5. The maximum absolute atomic E-state index is 15.9. The van der Waals surface area contributed by atoms with Crippen molar-refractivity contribution in [3.05, 3.63) is 40.4 Å². The number of carboxylic acid groups (broad SMARTS) is 1. The second kappa shape index (κ2) is 8.53. The van der Waals surface area contributed by atoms with E-state index in [-0.39, 0.29) is 34.3 Å². The normalized spacial score (nSPS) is 23.6. The lowest BCUT2D eigenvalue weighted by atomic mass is 9.61. The van der Waals surface area contributed by atoms with Gasteiger partial charge < -0.3 is 15.4 Å². The highest BCUT2D eigenvalue weighted by molar-refractivity contribution is 7.15. The third-order valence-corrected chi connectivity index (χ3v) is 8.41. The number of anilines is 1. The van der Waals surface area contributed by atoms with E-state index in [9.17, 15) is 9.90 Å². The van der Waals surface area contributed by atoms with Crippen LogP contribution in [0.3, 0.4) is 0 Å². The van der Waals surface area contributed by atoms with E-state index in [1.54, 1.807) is 6.20 Å². The molecule has 2 bridgehead atoms. The highest BCUT2D eigenvalue weighted by Crippen LogP contribution is 2.47. The van der Waals surface area contributed by atoms with Crippen molar-refractivity contribution in [1.29, 1.82) is 0 Å². The molecule has 4 aromatic rings. The van der Waals surface area contributed by atoms with Crippen molar-refractivity contribution in [1.82, 2.24) is 24.9 Å². The van der Waals surface area contributed by atoms with Crippen molar-refractivity contribution in [2.45, 2.75) is 38.6 Å². The van der Waals surface area contributed by atoms with Crippen molar-refractivity contribution in [3.63, 3.8) is 0 Å². The molecule has 180 valence electrons. The van der Waals surface area contributed by atoms with Gasteiger partial charge in [-0.1, -0.05) is 11.6 Å². The first kappa shape index (κ1) is 22.4. The minimum absolute atomic E-state index is 0.0103. The second-order valence-corrected chi connectivity index (χ2v) is 10.9. The zero-order valence-electron chi connectivity index (χ0n) is 18.8. The molecule has 11 heteroatoms. The molecule has 0 radical (unpaired) electrons. The number of halogens is 2. The summed E-state index contributed by atoms with van der Waals surface area (Å²) in [5, 5.41) is 13.4. The molecule has 3 saturated carbocycles. The van der Waals surface area contributed by atoms with Gasteiger partial charge in [-0.25, -0.2) is 24.3 Å². The van der Waals surface area contributed by atoms with Crippen LogP contribution in [0.15, 0.2) is 24.5 Å². The minimum atomic E-state index is -0.843. The zero-order chi connectivity index (χ0) is 24.3. The molecule has 3 fully saturated rings. The van der Waals surface area contributed by atoms with Crippen molar-refractivity contribution in [2.24, 2.45) is 17.8 Å². The molecular formula is C24H22ClFN6O2S. The van der Waals surface area contributed by atoms with Crippen molar-refractivity contribution in [3.8, 4) is 22.0 Å².